The van der Waals surface area contributed by atoms with Crippen LogP contribution < -0.4 is 10.7 Å². The lowest BCUT2D eigenvalue weighted by Gasteiger charge is -2.46. The van der Waals surface area contributed by atoms with Gasteiger partial charge in [0.05, 0.1) is 36.2 Å². The molecule has 2 unspecified atom stereocenters. The maximum Gasteiger partial charge on any atom is 0.324 e. The first-order valence-electron chi connectivity index (χ1n) is 34.1. The minimum absolute atomic E-state index is 0.0466. The second-order valence-electron chi connectivity index (χ2n) is 30.2. The Morgan fingerprint density at radius 1 is 0.910 bits per heavy atom. The normalized spacial score (nSPS) is 31.1. The molecule has 13 rings (SSSR count). The van der Waals surface area contributed by atoms with Crippen molar-refractivity contribution >= 4 is 57.7 Å². The Hall–Kier alpha value is -4.73. The number of methoxy groups -OCH3 is 1. The van der Waals surface area contributed by atoms with E-state index in [0.717, 1.165) is 122 Å². The molecule has 3 aromatic rings. The van der Waals surface area contributed by atoms with Crippen molar-refractivity contribution < 1.29 is 37.6 Å². The zero-order valence-electron chi connectivity index (χ0n) is 54.3. The molecular formula is C70H99FN10O7S. The van der Waals surface area contributed by atoms with Crippen LogP contribution in [-0.4, -0.2) is 194 Å². The second kappa shape index (κ2) is 25.3. The number of hydrogen-bond acceptors (Lipinski definition) is 13. The highest BCUT2D eigenvalue weighted by Crippen LogP contribution is 2.52. The van der Waals surface area contributed by atoms with Crippen LogP contribution in [0.2, 0.25) is 0 Å². The molecule has 0 radical (unpaired) electrons. The Bertz CT molecular complexity index is 3240. The number of aliphatic imine (C=N–C) groups is 1. The van der Waals surface area contributed by atoms with Gasteiger partial charge in [0, 0.05) is 123 Å². The van der Waals surface area contributed by atoms with Crippen LogP contribution in [0.3, 0.4) is 0 Å². The molecule has 2 saturated carbocycles. The fraction of sp³-hybridized carbons (Fsp3) is 0.700. The van der Waals surface area contributed by atoms with Gasteiger partial charge in [-0.3, -0.25) is 43.9 Å². The van der Waals surface area contributed by atoms with Crippen molar-refractivity contribution in [3.05, 3.63) is 64.5 Å². The van der Waals surface area contributed by atoms with Gasteiger partial charge in [-0.2, -0.15) is 0 Å². The molecule has 6 bridgehead atoms. The van der Waals surface area contributed by atoms with Crippen molar-refractivity contribution in [2.24, 2.45) is 27.7 Å². The SMILES string of the molecule is CCn1c(C2=C([C@H](C)OC)N=CC(N3CCN4CCCC[C@@H]4C3)C2)c2c3cc(ccc31)-c1cc(CF)cc(c1)C[C@H](NC(=O)[C@H](C1CCCC1)N1CC[C@]3(CCN(C(=O)[C@H]4[C@@H](C5CC5)N4[S@+]([O-])C(C)(C)C)C3)C1)C(=O)N1CCC[C@H](N1)C(=O)OCC(C)(C)C2. The van der Waals surface area contributed by atoms with Gasteiger partial charge in [-0.25, -0.2) is 9.82 Å². The minimum Gasteiger partial charge on any atom is -0.597 e. The van der Waals surface area contributed by atoms with Crippen LogP contribution in [0.4, 0.5) is 4.39 Å². The Morgan fingerprint density at radius 2 is 1.69 bits per heavy atom. The predicted molar refractivity (Wildman–Crippen MR) is 346 cm³/mol. The molecule has 8 fully saturated rings. The summed E-state index contributed by atoms with van der Waals surface area (Å²) < 4.78 is 45.6. The van der Waals surface area contributed by atoms with Gasteiger partial charge in [-0.05, 0) is 183 Å². The summed E-state index contributed by atoms with van der Waals surface area (Å²) in [6, 6.07) is 10.4. The number of likely N-dealkylation sites (tertiary alicyclic amines) is 2. The number of nitrogens with one attached hydrogen (secondary N) is 2. The lowest BCUT2D eigenvalue weighted by atomic mass is 9.83. The number of piperazine rings is 1. The van der Waals surface area contributed by atoms with Crippen molar-refractivity contribution in [3.63, 3.8) is 0 Å². The number of aromatic nitrogens is 1. The Balaban J connectivity index is 0.823. The van der Waals surface area contributed by atoms with Crippen molar-refractivity contribution in [1.82, 2.24) is 44.2 Å². The third-order valence-corrected chi connectivity index (χ3v) is 24.0. The van der Waals surface area contributed by atoms with Crippen LogP contribution in [0.25, 0.3) is 27.6 Å². The highest BCUT2D eigenvalue weighted by molar-refractivity contribution is 7.90. The quantitative estimate of drug-likeness (QED) is 0.0951. The predicted octanol–water partition coefficient (Wildman–Crippen LogP) is 8.61. The Morgan fingerprint density at radius 3 is 2.44 bits per heavy atom. The molecule has 3 amide bonds. The molecular weight excluding hydrogens is 1140 g/mol. The minimum atomic E-state index is -1.27. The second-order valence-corrected chi connectivity index (χ2v) is 32.3. The number of aryl methyl sites for hydroxylation is 1. The number of carbonyl (C=O) groups excluding carboxylic acids is 4. The fourth-order valence-electron chi connectivity index (χ4n) is 17.2. The number of benzene rings is 2. The average molecular weight is 1240 g/mol. The molecule has 1 aromatic heterocycles. The molecule has 19 heteroatoms. The molecule has 1 spiro atoms. The summed E-state index contributed by atoms with van der Waals surface area (Å²) in [5.74, 6) is -0.369. The molecule has 89 heavy (non-hydrogen) atoms. The number of esters is 1. The number of fused-ring (bicyclic) bond motifs is 7. The average Bonchev–Trinajstić information content (AvgIpc) is 1.56. The van der Waals surface area contributed by atoms with Gasteiger partial charge in [0.15, 0.2) is 6.04 Å². The van der Waals surface area contributed by atoms with Crippen LogP contribution in [0.1, 0.15) is 161 Å². The molecule has 8 aliphatic heterocycles. The Labute approximate surface area is 530 Å². The van der Waals surface area contributed by atoms with Gasteiger partial charge in [-0.1, -0.05) is 51.3 Å². The number of ether oxygens (including phenoxy) is 2. The van der Waals surface area contributed by atoms with Gasteiger partial charge in [-0.15, -0.1) is 4.31 Å². The standard InChI is InChI=1S/C70H99FN10O7S/c1-9-79-58-22-21-49-35-53(58)55(62(79)54-36-52(39-72-59(54)44(2)87-8)76-30-29-75-25-13-12-17-51(75)40-76)37-69(6,7)43-88-67(85)56-18-14-26-80(74-56)65(83)57(34-45-31-46(38-71)33-50(49)32-45)73-64(82)61(47-15-10-11-16-47)77-27-23-70(41-77)24-28-78(42-70)66(84)63-60(48-19-20-48)81(63)89(86)68(3,4)5/h21-22,31-33,35,39,44,47-48,51-52,56-57,60-61,63,74H,9-20,23-30,34,36-38,40-43H2,1-8H3,(H,73,82)/t44-,51+,52?,56-,57-,60+,61-,63+,70-,81?,89+/m0/s1. The molecule has 6 saturated heterocycles. The van der Waals surface area contributed by atoms with Crippen molar-refractivity contribution in [2.45, 2.75) is 218 Å². The zero-order valence-corrected chi connectivity index (χ0v) is 55.2. The molecule has 2 aliphatic carbocycles. The third-order valence-electron chi connectivity index (χ3n) is 22.1. The van der Waals surface area contributed by atoms with E-state index in [9.17, 15) is 14.1 Å². The maximum absolute atomic E-state index is 15.6. The molecule has 2 aromatic carbocycles. The number of rotatable bonds is 13. The first kappa shape index (κ1) is 63.0. The summed E-state index contributed by atoms with van der Waals surface area (Å²) in [7, 11) is 1.75. The molecule has 9 heterocycles. The van der Waals surface area contributed by atoms with E-state index in [1.807, 2.05) is 42.1 Å². The Kier molecular flexibility index (Phi) is 17.9. The number of nitrogens with zero attached hydrogens (tertiary/aromatic N) is 8. The summed E-state index contributed by atoms with van der Waals surface area (Å²) in [4.78, 5) is 74.8. The van der Waals surface area contributed by atoms with Crippen LogP contribution in [-0.2, 0) is 66.1 Å². The van der Waals surface area contributed by atoms with Crippen LogP contribution >= 0.6 is 0 Å². The van der Waals surface area contributed by atoms with Gasteiger partial charge >= 0.3 is 5.97 Å². The number of hydrazine groups is 1. The van der Waals surface area contributed by atoms with Crippen molar-refractivity contribution in [1.29, 1.82) is 0 Å². The molecule has 2 N–H and O–H groups in total. The van der Waals surface area contributed by atoms with E-state index >= 15 is 14.0 Å². The first-order chi connectivity index (χ1) is 42.7. The molecule has 11 atom stereocenters. The number of halogens is 1. The number of carbonyl (C=O) groups is 4. The summed E-state index contributed by atoms with van der Waals surface area (Å²) >= 11 is -1.27. The monoisotopic (exact) mass is 1240 g/mol. The van der Waals surface area contributed by atoms with Crippen LogP contribution in [0, 0.1) is 22.7 Å². The smallest absolute Gasteiger partial charge is 0.324 e. The number of amides is 3. The van der Waals surface area contributed by atoms with Gasteiger partial charge in [0.25, 0.3) is 5.91 Å². The van der Waals surface area contributed by atoms with Gasteiger partial charge < -0.3 is 28.8 Å². The van der Waals surface area contributed by atoms with E-state index in [2.05, 4.69) is 88.2 Å². The highest BCUT2D eigenvalue weighted by atomic mass is 32.2. The number of hydrogen-bond donors (Lipinski definition) is 2. The van der Waals surface area contributed by atoms with E-state index in [0.29, 0.717) is 76.1 Å². The van der Waals surface area contributed by atoms with Crippen LogP contribution in [0.15, 0.2) is 47.1 Å². The summed E-state index contributed by atoms with van der Waals surface area (Å²) in [5.41, 5.74) is 10.9. The van der Waals surface area contributed by atoms with Gasteiger partial charge in [0.1, 0.15) is 23.5 Å². The highest BCUT2D eigenvalue weighted by Gasteiger charge is 2.68. The van der Waals surface area contributed by atoms with E-state index in [4.69, 9.17) is 14.5 Å². The van der Waals surface area contributed by atoms with Gasteiger partial charge in [0.2, 0.25) is 11.8 Å². The first-order valence-corrected chi connectivity index (χ1v) is 35.3. The van der Waals surface area contributed by atoms with E-state index < -0.39 is 52.3 Å². The number of piperidine rings is 1. The molecule has 484 valence electrons. The third kappa shape index (κ3) is 12.7. The van der Waals surface area contributed by atoms with Crippen LogP contribution in [0.5, 0.6) is 0 Å². The molecule has 10 aliphatic rings. The van der Waals surface area contributed by atoms with E-state index in [-0.39, 0.29) is 66.3 Å². The molecule has 17 nitrogen and oxygen atoms in total. The summed E-state index contributed by atoms with van der Waals surface area (Å²) in [6.45, 7) is 21.9. The number of alkyl halides is 1. The topological polar surface area (TPSA) is 170 Å². The lowest BCUT2D eigenvalue weighted by Crippen LogP contribution is -2.62. The largest absolute Gasteiger partial charge is 0.597 e. The zero-order chi connectivity index (χ0) is 62.3. The summed E-state index contributed by atoms with van der Waals surface area (Å²) in [5, 5.41) is 5.94. The van der Waals surface area contributed by atoms with E-state index in [1.54, 1.807) is 7.11 Å². The van der Waals surface area contributed by atoms with E-state index in [1.165, 1.54) is 36.4 Å². The van der Waals surface area contributed by atoms with Crippen molar-refractivity contribution in [2.75, 3.05) is 72.6 Å². The summed E-state index contributed by atoms with van der Waals surface area (Å²) in [6.07, 6.45) is 15.9. The van der Waals surface area contributed by atoms with Crippen molar-refractivity contribution in [3.8, 4) is 11.1 Å². The lowest BCUT2D eigenvalue weighted by molar-refractivity contribution is -0.155. The fourth-order valence-corrected chi connectivity index (χ4v) is 18.7. The maximum atomic E-state index is 15.6. The number of cyclic esters (lactones) is 1.